The molecule has 0 unspecified atom stereocenters. The van der Waals surface area contributed by atoms with Crippen molar-refractivity contribution < 1.29 is 4.79 Å². The third-order valence-electron chi connectivity index (χ3n) is 2.50. The average Bonchev–Trinajstić information content (AvgIpc) is 2.59. The number of hydrogen-bond donors (Lipinski definition) is 1. The molecule has 2 aromatic heterocycles. The summed E-state index contributed by atoms with van der Waals surface area (Å²) in [5.74, 6) is 0. The zero-order valence-electron chi connectivity index (χ0n) is 9.16. The largest absolute Gasteiger partial charge is 0.343 e. The van der Waals surface area contributed by atoms with Crippen molar-refractivity contribution in [3.05, 3.63) is 29.6 Å². The van der Waals surface area contributed by atoms with Crippen molar-refractivity contribution >= 4 is 17.3 Å². The fraction of sp³-hybridized carbons (Fsp3) is 0.333. The Morgan fingerprint density at radius 3 is 2.73 bits per heavy atom. The van der Waals surface area contributed by atoms with Crippen LogP contribution >= 0.6 is 0 Å². The van der Waals surface area contributed by atoms with Crippen LogP contribution in [0.2, 0.25) is 0 Å². The zero-order valence-corrected chi connectivity index (χ0v) is 9.16. The van der Waals surface area contributed by atoms with Crippen molar-refractivity contribution in [2.75, 3.05) is 0 Å². The molecule has 0 atom stereocenters. The second-order valence-corrected chi connectivity index (χ2v) is 4.71. The number of nitrogens with zero attached hydrogens (tertiary/aromatic N) is 1. The molecule has 1 N–H and O–H groups in total. The SMILES string of the molecule is CC(C)(C)c1cc2c(C=O)ccnc2[nH]1. The number of rotatable bonds is 1. The van der Waals surface area contributed by atoms with E-state index in [-0.39, 0.29) is 5.41 Å². The summed E-state index contributed by atoms with van der Waals surface area (Å²) >= 11 is 0. The van der Waals surface area contributed by atoms with E-state index < -0.39 is 0 Å². The van der Waals surface area contributed by atoms with Gasteiger partial charge in [-0.15, -0.1) is 0 Å². The van der Waals surface area contributed by atoms with E-state index in [4.69, 9.17) is 0 Å². The molecule has 0 aliphatic carbocycles. The lowest BCUT2D eigenvalue weighted by Crippen LogP contribution is -2.11. The lowest BCUT2D eigenvalue weighted by atomic mass is 9.92. The number of fused-ring (bicyclic) bond motifs is 1. The Labute approximate surface area is 88.5 Å². The minimum absolute atomic E-state index is 0.0425. The molecule has 15 heavy (non-hydrogen) atoms. The monoisotopic (exact) mass is 202 g/mol. The van der Waals surface area contributed by atoms with Gasteiger partial charge in [0.1, 0.15) is 5.65 Å². The van der Waals surface area contributed by atoms with Gasteiger partial charge in [0.05, 0.1) is 0 Å². The Morgan fingerprint density at radius 1 is 1.40 bits per heavy atom. The van der Waals surface area contributed by atoms with E-state index in [0.717, 1.165) is 23.0 Å². The number of carbonyl (C=O) groups excluding carboxylic acids is 1. The summed E-state index contributed by atoms with van der Waals surface area (Å²) in [4.78, 5) is 18.3. The fourth-order valence-corrected chi connectivity index (χ4v) is 1.55. The summed E-state index contributed by atoms with van der Waals surface area (Å²) in [7, 11) is 0. The highest BCUT2D eigenvalue weighted by molar-refractivity contribution is 5.95. The maximum Gasteiger partial charge on any atom is 0.150 e. The second kappa shape index (κ2) is 3.19. The Balaban J connectivity index is 2.70. The molecule has 0 saturated carbocycles. The molecule has 0 fully saturated rings. The third kappa shape index (κ3) is 1.65. The van der Waals surface area contributed by atoms with Gasteiger partial charge in [0.15, 0.2) is 6.29 Å². The number of aromatic amines is 1. The normalized spacial score (nSPS) is 11.9. The molecule has 0 radical (unpaired) electrons. The number of pyridine rings is 1. The molecule has 0 aliphatic rings. The third-order valence-corrected chi connectivity index (χ3v) is 2.50. The van der Waals surface area contributed by atoms with Crippen LogP contribution in [0, 0.1) is 0 Å². The number of H-pyrrole nitrogens is 1. The Kier molecular flexibility index (Phi) is 2.11. The molecular formula is C12H14N2O. The van der Waals surface area contributed by atoms with Gasteiger partial charge in [0, 0.05) is 28.3 Å². The van der Waals surface area contributed by atoms with Crippen LogP contribution in [-0.2, 0) is 5.41 Å². The van der Waals surface area contributed by atoms with E-state index in [9.17, 15) is 4.79 Å². The maximum absolute atomic E-state index is 10.8. The number of carbonyl (C=O) groups is 1. The number of nitrogens with one attached hydrogen (secondary N) is 1. The van der Waals surface area contributed by atoms with Gasteiger partial charge >= 0.3 is 0 Å². The average molecular weight is 202 g/mol. The quantitative estimate of drug-likeness (QED) is 0.722. The van der Waals surface area contributed by atoms with E-state index in [1.54, 1.807) is 12.3 Å². The van der Waals surface area contributed by atoms with E-state index in [2.05, 4.69) is 30.7 Å². The highest BCUT2D eigenvalue weighted by Gasteiger charge is 2.17. The molecule has 2 rings (SSSR count). The van der Waals surface area contributed by atoms with Gasteiger partial charge in [-0.2, -0.15) is 0 Å². The molecule has 3 heteroatoms. The summed E-state index contributed by atoms with van der Waals surface area (Å²) in [5.41, 5.74) is 2.61. The number of aldehydes is 1. The molecule has 0 aliphatic heterocycles. The molecular weight excluding hydrogens is 188 g/mol. The summed E-state index contributed by atoms with van der Waals surface area (Å²) in [6.07, 6.45) is 2.51. The van der Waals surface area contributed by atoms with Crippen molar-refractivity contribution in [2.45, 2.75) is 26.2 Å². The van der Waals surface area contributed by atoms with E-state index in [0.29, 0.717) is 5.56 Å². The van der Waals surface area contributed by atoms with Crippen LogP contribution in [0.3, 0.4) is 0 Å². The first kappa shape index (κ1) is 9.90. The predicted octanol–water partition coefficient (Wildman–Crippen LogP) is 2.67. The van der Waals surface area contributed by atoms with Crippen LogP contribution in [0.1, 0.15) is 36.8 Å². The summed E-state index contributed by atoms with van der Waals surface area (Å²) in [6.45, 7) is 6.37. The van der Waals surface area contributed by atoms with Crippen LogP contribution < -0.4 is 0 Å². The van der Waals surface area contributed by atoms with Gasteiger partial charge in [-0.1, -0.05) is 20.8 Å². The van der Waals surface area contributed by atoms with E-state index in [1.807, 2.05) is 6.07 Å². The van der Waals surface area contributed by atoms with Gasteiger partial charge in [-0.05, 0) is 12.1 Å². The van der Waals surface area contributed by atoms with Gasteiger partial charge < -0.3 is 4.98 Å². The van der Waals surface area contributed by atoms with Crippen LogP contribution in [0.25, 0.3) is 11.0 Å². The van der Waals surface area contributed by atoms with Crippen molar-refractivity contribution in [1.29, 1.82) is 0 Å². The molecule has 3 nitrogen and oxygen atoms in total. The maximum atomic E-state index is 10.8. The van der Waals surface area contributed by atoms with E-state index in [1.165, 1.54) is 0 Å². The van der Waals surface area contributed by atoms with Crippen LogP contribution in [0.4, 0.5) is 0 Å². The summed E-state index contributed by atoms with van der Waals surface area (Å²) in [6, 6.07) is 3.74. The lowest BCUT2D eigenvalue weighted by molar-refractivity contribution is 0.112. The number of aromatic nitrogens is 2. The first-order valence-corrected chi connectivity index (χ1v) is 4.96. The van der Waals surface area contributed by atoms with Crippen molar-refractivity contribution in [3.63, 3.8) is 0 Å². The molecule has 2 aromatic rings. The van der Waals surface area contributed by atoms with Gasteiger partial charge in [-0.25, -0.2) is 4.98 Å². The lowest BCUT2D eigenvalue weighted by Gasteiger charge is -2.15. The van der Waals surface area contributed by atoms with Crippen molar-refractivity contribution in [1.82, 2.24) is 9.97 Å². The molecule has 2 heterocycles. The summed E-state index contributed by atoms with van der Waals surface area (Å²) in [5, 5.41) is 0.900. The molecule has 78 valence electrons. The fourth-order valence-electron chi connectivity index (χ4n) is 1.55. The topological polar surface area (TPSA) is 45.8 Å². The minimum atomic E-state index is 0.0425. The molecule has 0 amide bonds. The standard InChI is InChI=1S/C12H14N2O/c1-12(2,3)10-6-9-8(7-15)4-5-13-11(9)14-10/h4-7H,1-3H3,(H,13,14). The van der Waals surface area contributed by atoms with Gasteiger partial charge in [0.2, 0.25) is 0 Å². The Morgan fingerprint density at radius 2 is 2.13 bits per heavy atom. The molecule has 0 bridgehead atoms. The number of hydrogen-bond acceptors (Lipinski definition) is 2. The highest BCUT2D eigenvalue weighted by Crippen LogP contribution is 2.25. The van der Waals surface area contributed by atoms with Gasteiger partial charge in [-0.3, -0.25) is 4.79 Å². The highest BCUT2D eigenvalue weighted by atomic mass is 16.1. The first-order chi connectivity index (χ1) is 7.02. The zero-order chi connectivity index (χ0) is 11.1. The minimum Gasteiger partial charge on any atom is -0.343 e. The van der Waals surface area contributed by atoms with Crippen LogP contribution in [0.5, 0.6) is 0 Å². The first-order valence-electron chi connectivity index (χ1n) is 4.96. The van der Waals surface area contributed by atoms with Crippen LogP contribution in [-0.4, -0.2) is 16.3 Å². The van der Waals surface area contributed by atoms with Crippen molar-refractivity contribution in [3.8, 4) is 0 Å². The molecule has 0 spiro atoms. The molecule has 0 aromatic carbocycles. The Hall–Kier alpha value is -1.64. The molecule has 0 saturated heterocycles. The Bertz CT molecular complexity index is 506. The van der Waals surface area contributed by atoms with Crippen LogP contribution in [0.15, 0.2) is 18.3 Å². The second-order valence-electron chi connectivity index (χ2n) is 4.71. The van der Waals surface area contributed by atoms with Gasteiger partial charge in [0.25, 0.3) is 0 Å². The van der Waals surface area contributed by atoms with E-state index >= 15 is 0 Å². The predicted molar refractivity (Wildman–Crippen MR) is 60.2 cm³/mol. The summed E-state index contributed by atoms with van der Waals surface area (Å²) < 4.78 is 0. The van der Waals surface area contributed by atoms with Crippen molar-refractivity contribution in [2.24, 2.45) is 0 Å². The smallest absolute Gasteiger partial charge is 0.150 e.